The topological polar surface area (TPSA) is 33.4 Å². The first kappa shape index (κ1) is 7.38. The van der Waals surface area contributed by atoms with Crippen molar-refractivity contribution in [2.45, 2.75) is 0 Å². The molecular weight excluding hydrogens is 152 g/mol. The van der Waals surface area contributed by atoms with Crippen LogP contribution in [0.3, 0.4) is 0 Å². The third kappa shape index (κ3) is 1.90. The normalized spacial score (nSPS) is 11.0. The van der Waals surface area contributed by atoms with Gasteiger partial charge < -0.3 is 9.52 Å². The Bertz CT molecular complexity index is 227. The van der Waals surface area contributed by atoms with Gasteiger partial charge in [0.1, 0.15) is 5.76 Å². The van der Waals surface area contributed by atoms with Crippen LogP contribution in [0.25, 0.3) is 6.08 Å². The summed E-state index contributed by atoms with van der Waals surface area (Å²) in [6.07, 6.45) is 3.24. The number of aliphatic hydroxyl groups excluding tert-OH is 1. The van der Waals surface area contributed by atoms with Crippen molar-refractivity contribution in [1.29, 1.82) is 0 Å². The van der Waals surface area contributed by atoms with Crippen LogP contribution >= 0.6 is 11.6 Å². The highest BCUT2D eigenvalue weighted by molar-refractivity contribution is 6.28. The number of furan rings is 1. The number of rotatable bonds is 2. The molecule has 0 amide bonds. The van der Waals surface area contributed by atoms with Gasteiger partial charge in [-0.3, -0.25) is 0 Å². The molecule has 0 aliphatic rings. The van der Waals surface area contributed by atoms with Crippen LogP contribution in [0.2, 0.25) is 5.22 Å². The van der Waals surface area contributed by atoms with Crippen molar-refractivity contribution < 1.29 is 9.52 Å². The molecular formula is C7H7ClO2. The zero-order valence-electron chi connectivity index (χ0n) is 5.25. The number of aliphatic hydroxyl groups is 1. The SMILES string of the molecule is OC/C=C/c1ccc(Cl)o1. The van der Waals surface area contributed by atoms with E-state index in [1.807, 2.05) is 0 Å². The van der Waals surface area contributed by atoms with Crippen molar-refractivity contribution in [2.75, 3.05) is 6.61 Å². The Morgan fingerprint density at radius 1 is 1.60 bits per heavy atom. The molecule has 0 aliphatic carbocycles. The highest BCUT2D eigenvalue weighted by atomic mass is 35.5. The van der Waals surface area contributed by atoms with E-state index in [1.54, 1.807) is 24.3 Å². The molecule has 10 heavy (non-hydrogen) atoms. The van der Waals surface area contributed by atoms with Gasteiger partial charge in [-0.05, 0) is 29.8 Å². The maximum absolute atomic E-state index is 8.37. The summed E-state index contributed by atoms with van der Waals surface area (Å²) in [5.74, 6) is 0.652. The smallest absolute Gasteiger partial charge is 0.193 e. The van der Waals surface area contributed by atoms with Crippen molar-refractivity contribution in [1.82, 2.24) is 0 Å². The van der Waals surface area contributed by atoms with Crippen molar-refractivity contribution in [3.05, 3.63) is 29.2 Å². The lowest BCUT2D eigenvalue weighted by atomic mass is 10.4. The van der Waals surface area contributed by atoms with E-state index in [0.717, 1.165) is 0 Å². The van der Waals surface area contributed by atoms with E-state index in [9.17, 15) is 0 Å². The first-order valence-corrected chi connectivity index (χ1v) is 3.23. The average molecular weight is 159 g/mol. The van der Waals surface area contributed by atoms with E-state index in [0.29, 0.717) is 11.0 Å². The standard InChI is InChI=1S/C7H7ClO2/c8-7-4-3-6(10-7)2-1-5-9/h1-4,9H,5H2/b2-1+. The van der Waals surface area contributed by atoms with Crippen LogP contribution in [0.15, 0.2) is 22.6 Å². The molecule has 1 N–H and O–H groups in total. The molecule has 1 rings (SSSR count). The van der Waals surface area contributed by atoms with Gasteiger partial charge in [0.25, 0.3) is 0 Å². The van der Waals surface area contributed by atoms with E-state index in [-0.39, 0.29) is 6.61 Å². The van der Waals surface area contributed by atoms with Crippen LogP contribution < -0.4 is 0 Å². The first-order valence-electron chi connectivity index (χ1n) is 2.85. The Hall–Kier alpha value is -0.730. The lowest BCUT2D eigenvalue weighted by molar-refractivity contribution is 0.343. The molecule has 1 aromatic heterocycles. The first-order chi connectivity index (χ1) is 4.83. The summed E-state index contributed by atoms with van der Waals surface area (Å²) in [4.78, 5) is 0. The van der Waals surface area contributed by atoms with Crippen LogP contribution in [0.4, 0.5) is 0 Å². The molecule has 0 unspecified atom stereocenters. The Morgan fingerprint density at radius 2 is 2.40 bits per heavy atom. The summed E-state index contributed by atoms with van der Waals surface area (Å²) in [5.41, 5.74) is 0. The van der Waals surface area contributed by atoms with Gasteiger partial charge in [0.05, 0.1) is 6.61 Å². The maximum Gasteiger partial charge on any atom is 0.193 e. The van der Waals surface area contributed by atoms with E-state index in [1.165, 1.54) is 0 Å². The van der Waals surface area contributed by atoms with Gasteiger partial charge in [0.2, 0.25) is 0 Å². The van der Waals surface area contributed by atoms with Gasteiger partial charge >= 0.3 is 0 Å². The zero-order valence-corrected chi connectivity index (χ0v) is 6.01. The molecule has 0 radical (unpaired) electrons. The molecule has 0 atom stereocenters. The van der Waals surface area contributed by atoms with Crippen molar-refractivity contribution in [3.63, 3.8) is 0 Å². The molecule has 3 heteroatoms. The van der Waals surface area contributed by atoms with Crippen molar-refractivity contribution >= 4 is 17.7 Å². The van der Waals surface area contributed by atoms with Crippen LogP contribution in [0.5, 0.6) is 0 Å². The van der Waals surface area contributed by atoms with E-state index in [2.05, 4.69) is 0 Å². The monoisotopic (exact) mass is 158 g/mol. The lowest BCUT2D eigenvalue weighted by Gasteiger charge is -1.81. The predicted octanol–water partition coefficient (Wildman–Crippen LogP) is 1.94. The summed E-state index contributed by atoms with van der Waals surface area (Å²) in [6.45, 7) is 0.0122. The highest BCUT2D eigenvalue weighted by Gasteiger charge is 1.92. The molecule has 0 saturated heterocycles. The number of hydrogen-bond acceptors (Lipinski definition) is 2. The van der Waals surface area contributed by atoms with Crippen LogP contribution in [0.1, 0.15) is 5.76 Å². The molecule has 0 fully saturated rings. The zero-order chi connectivity index (χ0) is 7.40. The molecule has 1 aromatic rings. The number of halogens is 1. The molecule has 54 valence electrons. The van der Waals surface area contributed by atoms with Crippen molar-refractivity contribution in [2.24, 2.45) is 0 Å². The molecule has 0 saturated carbocycles. The quantitative estimate of drug-likeness (QED) is 0.714. The minimum absolute atomic E-state index is 0.0122. The number of hydrogen-bond donors (Lipinski definition) is 1. The summed E-state index contributed by atoms with van der Waals surface area (Å²) in [6, 6.07) is 3.38. The van der Waals surface area contributed by atoms with E-state index >= 15 is 0 Å². The van der Waals surface area contributed by atoms with E-state index in [4.69, 9.17) is 21.1 Å². The Balaban J connectivity index is 2.67. The van der Waals surface area contributed by atoms with Gasteiger partial charge in [0, 0.05) is 0 Å². The van der Waals surface area contributed by atoms with Gasteiger partial charge in [0.15, 0.2) is 5.22 Å². The second-order valence-electron chi connectivity index (χ2n) is 1.73. The molecule has 0 bridgehead atoms. The average Bonchev–Trinajstić information content (AvgIpc) is 2.31. The Kier molecular flexibility index (Phi) is 2.54. The van der Waals surface area contributed by atoms with Crippen LogP contribution in [0, 0.1) is 0 Å². The molecule has 0 aromatic carbocycles. The van der Waals surface area contributed by atoms with Crippen molar-refractivity contribution in [3.8, 4) is 0 Å². The summed E-state index contributed by atoms with van der Waals surface area (Å²) in [5, 5.41) is 8.73. The van der Waals surface area contributed by atoms with Gasteiger partial charge in [-0.15, -0.1) is 0 Å². The third-order valence-electron chi connectivity index (χ3n) is 0.982. The third-order valence-corrected chi connectivity index (χ3v) is 1.18. The summed E-state index contributed by atoms with van der Waals surface area (Å²) < 4.78 is 4.95. The van der Waals surface area contributed by atoms with Gasteiger partial charge in [-0.1, -0.05) is 6.08 Å². The van der Waals surface area contributed by atoms with Crippen LogP contribution in [-0.2, 0) is 0 Å². The fraction of sp³-hybridized carbons (Fsp3) is 0.143. The minimum Gasteiger partial charge on any atom is -0.445 e. The van der Waals surface area contributed by atoms with E-state index < -0.39 is 0 Å². The Morgan fingerprint density at radius 3 is 2.90 bits per heavy atom. The predicted molar refractivity (Wildman–Crippen MR) is 39.8 cm³/mol. The summed E-state index contributed by atoms with van der Waals surface area (Å²) in [7, 11) is 0. The fourth-order valence-corrected chi connectivity index (χ4v) is 0.739. The Labute approximate surface area is 63.7 Å². The van der Waals surface area contributed by atoms with Gasteiger partial charge in [-0.25, -0.2) is 0 Å². The molecule has 0 aliphatic heterocycles. The minimum atomic E-state index is 0.0122. The largest absolute Gasteiger partial charge is 0.445 e. The molecule has 1 heterocycles. The lowest BCUT2D eigenvalue weighted by Crippen LogP contribution is -1.69. The molecule has 2 nitrogen and oxygen atoms in total. The maximum atomic E-state index is 8.37. The second kappa shape index (κ2) is 3.44. The second-order valence-corrected chi connectivity index (χ2v) is 2.10. The highest BCUT2D eigenvalue weighted by Crippen LogP contribution is 2.13. The van der Waals surface area contributed by atoms with Crippen LogP contribution in [-0.4, -0.2) is 11.7 Å². The molecule has 0 spiro atoms. The fourth-order valence-electron chi connectivity index (χ4n) is 0.587. The summed E-state index contributed by atoms with van der Waals surface area (Å²) >= 11 is 5.48. The van der Waals surface area contributed by atoms with Gasteiger partial charge in [-0.2, -0.15) is 0 Å².